The van der Waals surface area contributed by atoms with Crippen molar-refractivity contribution in [3.8, 4) is 0 Å². The predicted molar refractivity (Wildman–Crippen MR) is 67.7 cm³/mol. The summed E-state index contributed by atoms with van der Waals surface area (Å²) >= 11 is 0. The van der Waals surface area contributed by atoms with Crippen LogP contribution in [0.2, 0.25) is 0 Å². The van der Waals surface area contributed by atoms with Crippen molar-refractivity contribution in [3.05, 3.63) is 0 Å². The van der Waals surface area contributed by atoms with Gasteiger partial charge in [0.1, 0.15) is 6.54 Å². The number of carbonyl (C=O) groups excluding carboxylic acids is 1. The van der Waals surface area contributed by atoms with Crippen LogP contribution in [0.3, 0.4) is 0 Å². The van der Waals surface area contributed by atoms with Crippen molar-refractivity contribution in [2.75, 3.05) is 6.54 Å². The van der Waals surface area contributed by atoms with Gasteiger partial charge in [-0.2, -0.15) is 13.2 Å². The van der Waals surface area contributed by atoms with Crippen LogP contribution in [0.15, 0.2) is 0 Å². The number of halogens is 3. The molecule has 0 aromatic carbocycles. The van der Waals surface area contributed by atoms with E-state index in [0.29, 0.717) is 0 Å². The Bertz CT molecular complexity index is 316. The molecule has 0 saturated heterocycles. The second-order valence-electron chi connectivity index (χ2n) is 6.01. The third-order valence-corrected chi connectivity index (χ3v) is 3.81. The molecular formula is C13H23F3N2O. The van der Waals surface area contributed by atoms with Crippen LogP contribution in [0.4, 0.5) is 13.2 Å². The fourth-order valence-corrected chi connectivity index (χ4v) is 2.52. The molecule has 0 spiro atoms. The molecule has 1 fully saturated rings. The van der Waals surface area contributed by atoms with Gasteiger partial charge in [0.05, 0.1) is 6.04 Å². The Morgan fingerprint density at radius 1 is 1.37 bits per heavy atom. The van der Waals surface area contributed by atoms with Gasteiger partial charge in [0, 0.05) is 6.04 Å². The third kappa shape index (κ3) is 5.38. The van der Waals surface area contributed by atoms with E-state index in [1.807, 2.05) is 5.32 Å². The Labute approximate surface area is 112 Å². The highest BCUT2D eigenvalue weighted by molar-refractivity contribution is 5.81. The van der Waals surface area contributed by atoms with Crippen molar-refractivity contribution in [1.29, 1.82) is 0 Å². The molecule has 19 heavy (non-hydrogen) atoms. The fourth-order valence-electron chi connectivity index (χ4n) is 2.52. The summed E-state index contributed by atoms with van der Waals surface area (Å²) in [6.07, 6.45) is -0.0667. The van der Waals surface area contributed by atoms with Crippen LogP contribution in [0.25, 0.3) is 0 Å². The maximum atomic E-state index is 12.0. The average molecular weight is 280 g/mol. The first-order valence-electron chi connectivity index (χ1n) is 6.72. The molecule has 2 unspecified atom stereocenters. The molecule has 0 heterocycles. The van der Waals surface area contributed by atoms with Gasteiger partial charge < -0.3 is 10.6 Å². The number of alkyl halides is 3. The highest BCUT2D eigenvalue weighted by Gasteiger charge is 2.34. The zero-order valence-corrected chi connectivity index (χ0v) is 11.7. The van der Waals surface area contributed by atoms with Gasteiger partial charge in [-0.25, -0.2) is 0 Å². The van der Waals surface area contributed by atoms with E-state index in [1.165, 1.54) is 6.42 Å². The summed E-state index contributed by atoms with van der Waals surface area (Å²) in [6.45, 7) is 4.59. The molecule has 6 heteroatoms. The number of hydrogen-bond donors (Lipinski definition) is 2. The second kappa shape index (κ2) is 6.11. The number of amides is 1. The van der Waals surface area contributed by atoms with Crippen molar-refractivity contribution >= 4 is 5.91 Å². The Balaban J connectivity index is 2.45. The number of carbonyl (C=O) groups is 1. The average Bonchev–Trinajstić information content (AvgIpc) is 2.27. The van der Waals surface area contributed by atoms with Gasteiger partial charge in [0.2, 0.25) is 5.91 Å². The van der Waals surface area contributed by atoms with E-state index >= 15 is 0 Å². The first kappa shape index (κ1) is 16.3. The normalized spacial score (nSPS) is 24.8. The standard InChI is InChI=1S/C13H23F3N2O/c1-9(11(19)17-8-13(14,15)16)18-10-6-4-5-7-12(10,2)3/h9-10,18H,4-8H2,1-3H3,(H,17,19). The van der Waals surface area contributed by atoms with Crippen molar-refractivity contribution in [3.63, 3.8) is 0 Å². The predicted octanol–water partition coefficient (Wildman–Crippen LogP) is 2.61. The van der Waals surface area contributed by atoms with Gasteiger partial charge in [0.15, 0.2) is 0 Å². The molecule has 1 aliphatic rings. The van der Waals surface area contributed by atoms with Crippen molar-refractivity contribution < 1.29 is 18.0 Å². The summed E-state index contributed by atoms with van der Waals surface area (Å²) in [6, 6.07) is -0.433. The molecule has 2 atom stereocenters. The molecule has 3 nitrogen and oxygen atoms in total. The summed E-state index contributed by atoms with van der Waals surface area (Å²) in [7, 11) is 0. The van der Waals surface area contributed by atoms with Gasteiger partial charge in [-0.3, -0.25) is 4.79 Å². The highest BCUT2D eigenvalue weighted by atomic mass is 19.4. The van der Waals surface area contributed by atoms with Crippen LogP contribution >= 0.6 is 0 Å². The van der Waals surface area contributed by atoms with Crippen LogP contribution in [0, 0.1) is 5.41 Å². The van der Waals surface area contributed by atoms with Crippen LogP contribution < -0.4 is 10.6 Å². The molecule has 0 aliphatic heterocycles. The minimum atomic E-state index is -4.36. The molecule has 1 saturated carbocycles. The summed E-state index contributed by atoms with van der Waals surface area (Å²) in [5.41, 5.74) is 0.0802. The minimum Gasteiger partial charge on any atom is -0.346 e. The Hall–Kier alpha value is -0.780. The van der Waals surface area contributed by atoms with Gasteiger partial charge >= 0.3 is 6.18 Å². The number of hydrogen-bond acceptors (Lipinski definition) is 2. The van der Waals surface area contributed by atoms with E-state index < -0.39 is 24.7 Å². The van der Waals surface area contributed by atoms with Crippen molar-refractivity contribution in [2.45, 2.75) is 64.7 Å². The Morgan fingerprint density at radius 3 is 2.53 bits per heavy atom. The second-order valence-corrected chi connectivity index (χ2v) is 6.01. The smallest absolute Gasteiger partial charge is 0.346 e. The molecule has 112 valence electrons. The van der Waals surface area contributed by atoms with Gasteiger partial charge in [-0.1, -0.05) is 26.7 Å². The van der Waals surface area contributed by atoms with E-state index in [2.05, 4.69) is 19.2 Å². The minimum absolute atomic E-state index is 0.0802. The first-order valence-corrected chi connectivity index (χ1v) is 6.72. The topological polar surface area (TPSA) is 41.1 Å². The number of rotatable bonds is 4. The van der Waals surface area contributed by atoms with Gasteiger partial charge in [-0.15, -0.1) is 0 Å². The monoisotopic (exact) mass is 280 g/mol. The van der Waals surface area contributed by atoms with E-state index in [1.54, 1.807) is 6.92 Å². The molecule has 0 bridgehead atoms. The van der Waals surface area contributed by atoms with E-state index in [4.69, 9.17) is 0 Å². The number of nitrogens with one attached hydrogen (secondary N) is 2. The quantitative estimate of drug-likeness (QED) is 0.831. The molecule has 0 radical (unpaired) electrons. The van der Waals surface area contributed by atoms with Crippen LogP contribution in [0.5, 0.6) is 0 Å². The van der Waals surface area contributed by atoms with Crippen LogP contribution in [-0.2, 0) is 4.79 Å². The Morgan fingerprint density at radius 2 is 2.00 bits per heavy atom. The molecular weight excluding hydrogens is 257 g/mol. The molecule has 0 aromatic heterocycles. The largest absolute Gasteiger partial charge is 0.405 e. The maximum absolute atomic E-state index is 12.0. The van der Waals surface area contributed by atoms with Crippen molar-refractivity contribution in [1.82, 2.24) is 10.6 Å². The molecule has 2 N–H and O–H groups in total. The molecule has 0 aromatic rings. The van der Waals surface area contributed by atoms with E-state index in [9.17, 15) is 18.0 Å². The van der Waals surface area contributed by atoms with Gasteiger partial charge in [-0.05, 0) is 25.2 Å². The Kier molecular flexibility index (Phi) is 5.24. The molecule has 1 amide bonds. The summed E-state index contributed by atoms with van der Waals surface area (Å²) < 4.78 is 36.1. The fraction of sp³-hybridized carbons (Fsp3) is 0.923. The van der Waals surface area contributed by atoms with E-state index in [-0.39, 0.29) is 11.5 Å². The van der Waals surface area contributed by atoms with Crippen LogP contribution in [0.1, 0.15) is 46.5 Å². The molecule has 1 rings (SSSR count). The third-order valence-electron chi connectivity index (χ3n) is 3.81. The molecule has 1 aliphatic carbocycles. The summed E-state index contributed by atoms with van der Waals surface area (Å²) in [4.78, 5) is 11.6. The lowest BCUT2D eigenvalue weighted by molar-refractivity contribution is -0.139. The lowest BCUT2D eigenvalue weighted by Gasteiger charge is -2.40. The lowest BCUT2D eigenvalue weighted by atomic mass is 9.73. The highest BCUT2D eigenvalue weighted by Crippen LogP contribution is 2.35. The zero-order valence-electron chi connectivity index (χ0n) is 11.7. The van der Waals surface area contributed by atoms with Crippen LogP contribution in [-0.4, -0.2) is 30.7 Å². The maximum Gasteiger partial charge on any atom is 0.405 e. The van der Waals surface area contributed by atoms with Crippen molar-refractivity contribution in [2.24, 2.45) is 5.41 Å². The summed E-state index contributed by atoms with van der Waals surface area (Å²) in [5, 5.41) is 5.08. The zero-order chi connectivity index (χ0) is 14.7. The first-order chi connectivity index (χ1) is 8.62. The van der Waals surface area contributed by atoms with Gasteiger partial charge in [0.25, 0.3) is 0 Å². The summed E-state index contributed by atoms with van der Waals surface area (Å²) in [5.74, 6) is -0.598. The van der Waals surface area contributed by atoms with E-state index in [0.717, 1.165) is 19.3 Å². The SMILES string of the molecule is CC(NC1CCCCC1(C)C)C(=O)NCC(F)(F)F. The lowest BCUT2D eigenvalue weighted by Crippen LogP contribution is -2.53.